The van der Waals surface area contributed by atoms with E-state index in [2.05, 4.69) is 12.2 Å². The summed E-state index contributed by atoms with van der Waals surface area (Å²) < 4.78 is 0. The molecule has 0 heterocycles. The van der Waals surface area contributed by atoms with Gasteiger partial charge in [0, 0.05) is 5.97 Å². The summed E-state index contributed by atoms with van der Waals surface area (Å²) in [5.41, 5.74) is 0. The molecule has 3 heteroatoms. The van der Waals surface area contributed by atoms with Gasteiger partial charge in [0.25, 0.3) is 0 Å². The second kappa shape index (κ2) is 10.9. The molecule has 0 aromatic rings. The van der Waals surface area contributed by atoms with Crippen molar-refractivity contribution in [2.24, 2.45) is 17.8 Å². The average molecular weight is 396 g/mol. The fourth-order valence-corrected chi connectivity index (χ4v) is 3.79. The molecule has 2 nitrogen and oxygen atoms in total. The number of aliphatic carboxylic acids is 1. The molecule has 0 aliphatic heterocycles. The van der Waals surface area contributed by atoms with Crippen LogP contribution in [0.2, 0.25) is 0 Å². The molecule has 0 N–H and O–H groups in total. The molecule has 0 radical (unpaired) electrons. The number of carboxylic acids is 1. The van der Waals surface area contributed by atoms with Gasteiger partial charge >= 0.3 is 68.9 Å². The van der Waals surface area contributed by atoms with Gasteiger partial charge < -0.3 is 9.90 Å². The third-order valence-corrected chi connectivity index (χ3v) is 4.87. The van der Waals surface area contributed by atoms with Crippen molar-refractivity contribution in [3.63, 3.8) is 0 Å². The van der Waals surface area contributed by atoms with Crippen LogP contribution in [0.5, 0.6) is 0 Å². The first-order valence-electron chi connectivity index (χ1n) is 8.14. The molecule has 20 heavy (non-hydrogen) atoms. The summed E-state index contributed by atoms with van der Waals surface area (Å²) in [5, 5.41) is 10.2. The number of unbranched alkanes of at least 4 members (excludes halogenated alkanes) is 6. The summed E-state index contributed by atoms with van der Waals surface area (Å²) >= 11 is 0. The topological polar surface area (TPSA) is 40.1 Å². The zero-order valence-corrected chi connectivity index (χ0v) is 19.3. The van der Waals surface area contributed by atoms with E-state index < -0.39 is 5.97 Å². The van der Waals surface area contributed by atoms with Gasteiger partial charge in [0.2, 0.25) is 0 Å². The molecule has 3 atom stereocenters. The number of hydrogen-bond acceptors (Lipinski definition) is 2. The maximum Gasteiger partial charge on any atom is 1.00 e. The van der Waals surface area contributed by atoms with Crippen molar-refractivity contribution < 1.29 is 78.8 Å². The number of fused-ring (bicyclic) bond motifs is 2. The Morgan fingerprint density at radius 2 is 1.60 bits per heavy atom. The fourth-order valence-electron chi connectivity index (χ4n) is 3.79. The normalized spacial score (nSPS) is 26.7. The Hall–Kier alpha value is 1.26. The van der Waals surface area contributed by atoms with Crippen molar-refractivity contribution in [2.75, 3.05) is 0 Å². The van der Waals surface area contributed by atoms with Crippen molar-refractivity contribution in [3.8, 4) is 0 Å². The molecular formula is C17H27CsO2. The third-order valence-electron chi connectivity index (χ3n) is 4.87. The Bertz CT molecular complexity index is 314. The number of hydrogen-bond donors (Lipinski definition) is 0. The van der Waals surface area contributed by atoms with Gasteiger partial charge in [-0.2, -0.15) is 0 Å². The Labute approximate surface area is 182 Å². The van der Waals surface area contributed by atoms with Crippen LogP contribution < -0.4 is 74.0 Å². The van der Waals surface area contributed by atoms with Crippen LogP contribution in [0.25, 0.3) is 0 Å². The second-order valence-corrected chi connectivity index (χ2v) is 6.43. The average Bonchev–Trinajstić information content (AvgIpc) is 2.98. The van der Waals surface area contributed by atoms with Crippen molar-refractivity contribution in [1.29, 1.82) is 0 Å². The van der Waals surface area contributed by atoms with Gasteiger partial charge in [0.05, 0.1) is 0 Å². The van der Waals surface area contributed by atoms with E-state index in [1.807, 2.05) is 0 Å². The molecule has 2 aliphatic carbocycles. The molecule has 2 aliphatic rings. The predicted molar refractivity (Wildman–Crippen MR) is 75.4 cm³/mol. The van der Waals surface area contributed by atoms with Crippen molar-refractivity contribution in [1.82, 2.24) is 0 Å². The standard InChI is InChI=1S/C17H28O2.Cs/c18-17(19)9-7-5-3-1-2-4-6-8-15-12-14-10-11-16(15)13-14;/h10-11,14-16H,1-9,12-13H2,(H,18,19);/q;+1/p-1. The molecular weight excluding hydrogens is 369 g/mol. The van der Waals surface area contributed by atoms with Crippen LogP contribution in [0, 0.1) is 17.8 Å². The summed E-state index contributed by atoms with van der Waals surface area (Å²) in [6, 6.07) is 0. The van der Waals surface area contributed by atoms with Crippen molar-refractivity contribution in [2.45, 2.75) is 70.6 Å². The number of carboxylic acid groups (broad SMARTS) is 1. The summed E-state index contributed by atoms with van der Waals surface area (Å²) in [4.78, 5) is 10.2. The molecule has 0 saturated heterocycles. The van der Waals surface area contributed by atoms with Crippen LogP contribution in [0.3, 0.4) is 0 Å². The summed E-state index contributed by atoms with van der Waals surface area (Å²) in [7, 11) is 0. The summed E-state index contributed by atoms with van der Waals surface area (Å²) in [6.07, 6.45) is 17.8. The molecule has 1 fully saturated rings. The monoisotopic (exact) mass is 396 g/mol. The largest absolute Gasteiger partial charge is 1.00 e. The Morgan fingerprint density at radius 1 is 0.950 bits per heavy atom. The zero-order chi connectivity index (χ0) is 13.5. The third kappa shape index (κ3) is 7.01. The maximum atomic E-state index is 10.2. The van der Waals surface area contributed by atoms with E-state index in [1.54, 1.807) is 0 Å². The number of allylic oxidation sites excluding steroid dienone is 2. The molecule has 0 amide bonds. The first-order chi connectivity index (χ1) is 9.25. The molecule has 0 aromatic carbocycles. The van der Waals surface area contributed by atoms with Gasteiger partial charge in [-0.1, -0.05) is 50.7 Å². The Balaban J connectivity index is 0.00000200. The van der Waals surface area contributed by atoms with E-state index in [-0.39, 0.29) is 75.3 Å². The summed E-state index contributed by atoms with van der Waals surface area (Å²) in [6.45, 7) is 0. The van der Waals surface area contributed by atoms with Crippen LogP contribution in [-0.2, 0) is 4.79 Å². The van der Waals surface area contributed by atoms with Crippen molar-refractivity contribution >= 4 is 5.97 Å². The SMILES string of the molecule is O=C([O-])CCCCCCCCCC1CC2C=CC1C2.[Cs+]. The van der Waals surface area contributed by atoms with E-state index in [1.165, 1.54) is 51.4 Å². The molecule has 2 bridgehead atoms. The smallest absolute Gasteiger partial charge is 0.550 e. The minimum Gasteiger partial charge on any atom is -0.550 e. The number of carbonyl (C=O) groups excluding carboxylic acids is 1. The Morgan fingerprint density at radius 3 is 2.15 bits per heavy atom. The molecule has 0 aromatic heterocycles. The predicted octanol–water partition coefficient (Wildman–Crippen LogP) is 0.463. The van der Waals surface area contributed by atoms with E-state index in [0.29, 0.717) is 0 Å². The fraction of sp³-hybridized carbons (Fsp3) is 0.824. The van der Waals surface area contributed by atoms with Gasteiger partial charge in [-0.05, 0) is 49.9 Å². The number of rotatable bonds is 10. The quantitative estimate of drug-likeness (QED) is 0.398. The van der Waals surface area contributed by atoms with Gasteiger partial charge in [-0.3, -0.25) is 0 Å². The van der Waals surface area contributed by atoms with Crippen LogP contribution in [-0.4, -0.2) is 5.97 Å². The minimum atomic E-state index is -0.903. The Kier molecular flexibility index (Phi) is 10.5. The van der Waals surface area contributed by atoms with Gasteiger partial charge in [0.15, 0.2) is 0 Å². The van der Waals surface area contributed by atoms with E-state index in [9.17, 15) is 9.90 Å². The van der Waals surface area contributed by atoms with Crippen LogP contribution in [0.15, 0.2) is 12.2 Å². The second-order valence-electron chi connectivity index (χ2n) is 6.43. The van der Waals surface area contributed by atoms with Crippen molar-refractivity contribution in [3.05, 3.63) is 12.2 Å². The minimum absolute atomic E-state index is 0. The molecule has 0 spiro atoms. The van der Waals surface area contributed by atoms with Crippen LogP contribution >= 0.6 is 0 Å². The van der Waals surface area contributed by atoms with E-state index >= 15 is 0 Å². The number of carbonyl (C=O) groups is 1. The van der Waals surface area contributed by atoms with Gasteiger partial charge in [0.1, 0.15) is 0 Å². The first-order valence-corrected chi connectivity index (χ1v) is 8.14. The molecule has 2 rings (SSSR count). The first kappa shape index (κ1) is 19.3. The van der Waals surface area contributed by atoms with Gasteiger partial charge in [-0.25, -0.2) is 0 Å². The molecule has 3 unspecified atom stereocenters. The molecule has 1 saturated carbocycles. The maximum absolute atomic E-state index is 10.2. The summed E-state index contributed by atoms with van der Waals surface area (Å²) in [5.74, 6) is 1.91. The van der Waals surface area contributed by atoms with Gasteiger partial charge in [-0.15, -0.1) is 0 Å². The van der Waals surface area contributed by atoms with Crippen LogP contribution in [0.1, 0.15) is 70.6 Å². The molecule has 108 valence electrons. The van der Waals surface area contributed by atoms with Crippen LogP contribution in [0.4, 0.5) is 0 Å². The zero-order valence-electron chi connectivity index (χ0n) is 13.0. The van der Waals surface area contributed by atoms with E-state index in [4.69, 9.17) is 0 Å². The van der Waals surface area contributed by atoms with E-state index in [0.717, 1.165) is 30.6 Å².